The molecule has 2 saturated heterocycles. The molecule has 0 aromatic carbocycles. The van der Waals surface area contributed by atoms with Crippen LogP contribution in [0.2, 0.25) is 0 Å². The Morgan fingerprint density at radius 2 is 2.00 bits per heavy atom. The van der Waals surface area contributed by atoms with Crippen LogP contribution in [0.1, 0.15) is 46.0 Å². The fraction of sp³-hybridized carbons (Fsp3) is 1.00. The second kappa shape index (κ2) is 4.14. The van der Waals surface area contributed by atoms with Gasteiger partial charge in [0.1, 0.15) is 0 Å². The summed E-state index contributed by atoms with van der Waals surface area (Å²) in [5.41, 5.74) is 0.186. The van der Waals surface area contributed by atoms with Crippen LogP contribution >= 0.6 is 0 Å². The monoisotopic (exact) mass is 259 g/mol. The number of hydrogen-bond acceptors (Lipinski definition) is 2. The van der Waals surface area contributed by atoms with E-state index in [4.69, 9.17) is 4.74 Å². The van der Waals surface area contributed by atoms with Gasteiger partial charge < -0.3 is 4.74 Å². The summed E-state index contributed by atoms with van der Waals surface area (Å²) in [4.78, 5) is 2.09. The predicted molar refractivity (Wildman–Crippen MR) is 65.8 cm³/mol. The first kappa shape index (κ1) is 12.8. The summed E-state index contributed by atoms with van der Waals surface area (Å²) in [6.07, 6.45) is 4.24. The third kappa shape index (κ3) is 2.18. The van der Waals surface area contributed by atoms with Gasteiger partial charge in [0.2, 0.25) is 0 Å². The Morgan fingerprint density at radius 1 is 1.28 bits per heavy atom. The lowest BCUT2D eigenvalue weighted by atomic mass is 9.97. The highest BCUT2D eigenvalue weighted by molar-refractivity contribution is 5.08. The SMILES string of the molecule is CC(C)OCC1(CN2C3CCC2C(F)(F)C3)CC1. The van der Waals surface area contributed by atoms with E-state index in [1.807, 2.05) is 13.8 Å². The molecular formula is C14H23F2NO. The Morgan fingerprint density at radius 3 is 2.44 bits per heavy atom. The molecule has 2 nitrogen and oxygen atoms in total. The molecule has 104 valence electrons. The maximum Gasteiger partial charge on any atom is 0.264 e. The summed E-state index contributed by atoms with van der Waals surface area (Å²) in [5, 5.41) is 0. The third-order valence-corrected chi connectivity index (χ3v) is 4.84. The Balaban J connectivity index is 1.61. The van der Waals surface area contributed by atoms with E-state index in [0.717, 1.165) is 32.4 Å². The largest absolute Gasteiger partial charge is 0.378 e. The third-order valence-electron chi connectivity index (χ3n) is 4.84. The quantitative estimate of drug-likeness (QED) is 0.752. The standard InChI is InChI=1S/C14H23F2NO/c1-10(2)18-9-13(5-6-13)8-17-11-3-4-12(17)14(15,16)7-11/h10-12H,3-9H2,1-2H3. The minimum absolute atomic E-state index is 0.0821. The molecule has 2 heterocycles. The molecular weight excluding hydrogens is 236 g/mol. The zero-order valence-corrected chi connectivity index (χ0v) is 11.3. The van der Waals surface area contributed by atoms with Crippen molar-refractivity contribution in [1.82, 2.24) is 4.90 Å². The smallest absolute Gasteiger partial charge is 0.264 e. The van der Waals surface area contributed by atoms with E-state index in [-0.39, 0.29) is 24.0 Å². The van der Waals surface area contributed by atoms with E-state index in [1.54, 1.807) is 0 Å². The average Bonchev–Trinajstić information content (AvgIpc) is 2.87. The van der Waals surface area contributed by atoms with Gasteiger partial charge in [-0.2, -0.15) is 0 Å². The van der Waals surface area contributed by atoms with Crippen molar-refractivity contribution in [1.29, 1.82) is 0 Å². The van der Waals surface area contributed by atoms with Gasteiger partial charge in [0.15, 0.2) is 0 Å². The Labute approximate surface area is 108 Å². The minimum Gasteiger partial charge on any atom is -0.378 e. The molecule has 18 heavy (non-hydrogen) atoms. The van der Waals surface area contributed by atoms with Crippen molar-refractivity contribution in [3.63, 3.8) is 0 Å². The van der Waals surface area contributed by atoms with Crippen LogP contribution in [0.3, 0.4) is 0 Å². The normalized spacial score (nSPS) is 36.5. The highest BCUT2D eigenvalue weighted by Crippen LogP contribution is 2.53. The topological polar surface area (TPSA) is 12.5 Å². The van der Waals surface area contributed by atoms with E-state index in [9.17, 15) is 8.78 Å². The van der Waals surface area contributed by atoms with Crippen molar-refractivity contribution >= 4 is 0 Å². The fourth-order valence-electron chi connectivity index (χ4n) is 3.55. The number of halogens is 2. The van der Waals surface area contributed by atoms with Gasteiger partial charge in [-0.1, -0.05) is 0 Å². The number of alkyl halides is 2. The number of hydrogen-bond donors (Lipinski definition) is 0. The van der Waals surface area contributed by atoms with Crippen LogP contribution in [-0.2, 0) is 4.74 Å². The lowest BCUT2D eigenvalue weighted by Crippen LogP contribution is -2.40. The van der Waals surface area contributed by atoms with Crippen molar-refractivity contribution in [3.8, 4) is 0 Å². The molecule has 2 atom stereocenters. The van der Waals surface area contributed by atoms with Gasteiger partial charge in [-0.25, -0.2) is 8.78 Å². The molecule has 2 bridgehead atoms. The molecule has 0 radical (unpaired) electrons. The molecule has 1 aliphatic carbocycles. The van der Waals surface area contributed by atoms with Crippen LogP contribution in [0.4, 0.5) is 8.78 Å². The van der Waals surface area contributed by atoms with Crippen LogP contribution in [0, 0.1) is 5.41 Å². The van der Waals surface area contributed by atoms with E-state index < -0.39 is 12.0 Å². The highest BCUT2D eigenvalue weighted by Gasteiger charge is 2.60. The van der Waals surface area contributed by atoms with Crippen LogP contribution in [0.25, 0.3) is 0 Å². The second-order valence-corrected chi connectivity index (χ2v) is 6.74. The van der Waals surface area contributed by atoms with Crippen molar-refractivity contribution in [2.75, 3.05) is 13.2 Å². The van der Waals surface area contributed by atoms with Crippen molar-refractivity contribution in [2.45, 2.75) is 70.1 Å². The van der Waals surface area contributed by atoms with Gasteiger partial charge >= 0.3 is 0 Å². The summed E-state index contributed by atoms with van der Waals surface area (Å²) in [7, 11) is 0. The van der Waals surface area contributed by atoms with Crippen LogP contribution in [-0.4, -0.2) is 42.2 Å². The summed E-state index contributed by atoms with van der Waals surface area (Å²) in [6.45, 7) is 5.63. The van der Waals surface area contributed by atoms with Crippen LogP contribution < -0.4 is 0 Å². The van der Waals surface area contributed by atoms with E-state index in [0.29, 0.717) is 6.42 Å². The first-order valence-corrected chi connectivity index (χ1v) is 7.17. The van der Waals surface area contributed by atoms with E-state index in [1.165, 1.54) is 0 Å². The maximum atomic E-state index is 13.7. The van der Waals surface area contributed by atoms with Gasteiger partial charge in [-0.3, -0.25) is 4.90 Å². The first-order chi connectivity index (χ1) is 8.42. The molecule has 0 aromatic heterocycles. The molecule has 0 N–H and O–H groups in total. The molecule has 1 saturated carbocycles. The summed E-state index contributed by atoms with van der Waals surface area (Å²) >= 11 is 0. The number of fused-ring (bicyclic) bond motifs is 2. The van der Waals surface area contributed by atoms with Gasteiger partial charge in [0.05, 0.1) is 18.8 Å². The maximum absolute atomic E-state index is 13.7. The molecule has 2 aliphatic heterocycles. The van der Waals surface area contributed by atoms with Gasteiger partial charge in [0, 0.05) is 24.4 Å². The van der Waals surface area contributed by atoms with Crippen molar-refractivity contribution in [3.05, 3.63) is 0 Å². The van der Waals surface area contributed by atoms with Crippen LogP contribution in [0.5, 0.6) is 0 Å². The molecule has 0 spiro atoms. The molecule has 0 aromatic rings. The molecule has 3 rings (SSSR count). The molecule has 3 aliphatic rings. The van der Waals surface area contributed by atoms with Gasteiger partial charge in [0.25, 0.3) is 5.92 Å². The Hall–Kier alpha value is -0.220. The lowest BCUT2D eigenvalue weighted by Gasteiger charge is -2.28. The van der Waals surface area contributed by atoms with E-state index in [2.05, 4.69) is 4.90 Å². The number of rotatable bonds is 5. The molecule has 2 unspecified atom stereocenters. The molecule has 3 fully saturated rings. The van der Waals surface area contributed by atoms with Crippen LogP contribution in [0.15, 0.2) is 0 Å². The summed E-state index contributed by atoms with van der Waals surface area (Å²) < 4.78 is 33.2. The Kier molecular flexibility index (Phi) is 2.94. The fourth-order valence-corrected chi connectivity index (χ4v) is 3.55. The van der Waals surface area contributed by atoms with Gasteiger partial charge in [-0.15, -0.1) is 0 Å². The Bertz CT molecular complexity index is 328. The predicted octanol–water partition coefficient (Wildman–Crippen LogP) is 3.06. The molecule has 0 amide bonds. The lowest BCUT2D eigenvalue weighted by molar-refractivity contribution is -0.0405. The number of ether oxygens (including phenoxy) is 1. The zero-order chi connectivity index (χ0) is 13.0. The number of nitrogens with zero attached hydrogens (tertiary/aromatic N) is 1. The molecule has 4 heteroatoms. The van der Waals surface area contributed by atoms with Crippen molar-refractivity contribution in [2.24, 2.45) is 5.41 Å². The zero-order valence-electron chi connectivity index (χ0n) is 11.3. The summed E-state index contributed by atoms with van der Waals surface area (Å²) in [5.74, 6) is -2.45. The first-order valence-electron chi connectivity index (χ1n) is 7.17. The van der Waals surface area contributed by atoms with E-state index >= 15 is 0 Å². The average molecular weight is 259 g/mol. The van der Waals surface area contributed by atoms with Gasteiger partial charge in [-0.05, 0) is 39.5 Å². The second-order valence-electron chi connectivity index (χ2n) is 6.74. The minimum atomic E-state index is -2.45. The highest BCUT2D eigenvalue weighted by atomic mass is 19.3. The summed E-state index contributed by atoms with van der Waals surface area (Å²) in [6, 6.07) is -0.361. The van der Waals surface area contributed by atoms with Crippen molar-refractivity contribution < 1.29 is 13.5 Å².